The molecule has 2 unspecified atom stereocenters. The van der Waals surface area contributed by atoms with E-state index in [1.54, 1.807) is 48.5 Å². The van der Waals surface area contributed by atoms with E-state index < -0.39 is 21.9 Å². The maximum Gasteiger partial charge on any atom is 0.269 e. The van der Waals surface area contributed by atoms with Gasteiger partial charge >= 0.3 is 0 Å². The van der Waals surface area contributed by atoms with Crippen molar-refractivity contribution >= 4 is 48.0 Å². The molecular weight excluding hydrogens is 555 g/mol. The normalized spacial score (nSPS) is 12.0. The van der Waals surface area contributed by atoms with Crippen LogP contribution in [0, 0.1) is 20.2 Å². The van der Waals surface area contributed by atoms with Crippen LogP contribution in [-0.4, -0.2) is 9.85 Å². The van der Waals surface area contributed by atoms with Crippen LogP contribution in [0.5, 0.6) is 0 Å². The zero-order valence-electron chi connectivity index (χ0n) is 18.9. The third kappa shape index (κ3) is 6.71. The number of non-ortho nitro benzene ring substituents is 2. The number of para-hydroxylation sites is 2. The minimum Gasteiger partial charge on any atom is -0.781 e. The van der Waals surface area contributed by atoms with E-state index in [0.717, 1.165) is 0 Å². The molecule has 0 bridgehead atoms. The molecule has 0 saturated heterocycles. The Morgan fingerprint density at radius 1 is 0.568 bits per heavy atom. The van der Waals surface area contributed by atoms with E-state index in [1.165, 1.54) is 24.3 Å². The minimum atomic E-state index is -0.661. The Hall–Kier alpha value is -3.79. The fourth-order valence-electron chi connectivity index (χ4n) is 3.67. The van der Waals surface area contributed by atoms with Crippen molar-refractivity contribution in [1.29, 1.82) is 0 Å². The van der Waals surface area contributed by atoms with Crippen LogP contribution in [0.2, 0.25) is 0 Å². The molecule has 4 rings (SSSR count). The van der Waals surface area contributed by atoms with Gasteiger partial charge in [0, 0.05) is 40.8 Å². The summed E-state index contributed by atoms with van der Waals surface area (Å²) in [5.74, 6) is 0. The Bertz CT molecular complexity index is 1280. The minimum absolute atomic E-state index is 0. The van der Waals surface area contributed by atoms with E-state index >= 15 is 0 Å². The SMILES string of the molecule is O=[N+]([O-])c1ccc(C([N-]c2ccccc2[S-])C([N-]c2ccccc2[S-])c2ccc([N+](=O)[O-])cc2)cc1.[Ni]. The molecule has 0 heterocycles. The maximum absolute atomic E-state index is 11.2. The Morgan fingerprint density at radius 3 is 1.19 bits per heavy atom. The summed E-state index contributed by atoms with van der Waals surface area (Å²) in [5, 5.41) is 32.3. The van der Waals surface area contributed by atoms with Gasteiger partial charge in [0.15, 0.2) is 0 Å². The van der Waals surface area contributed by atoms with Gasteiger partial charge in [0.2, 0.25) is 0 Å². The van der Waals surface area contributed by atoms with Crippen LogP contribution in [0.15, 0.2) is 107 Å². The van der Waals surface area contributed by atoms with Crippen LogP contribution in [0.1, 0.15) is 23.2 Å². The molecule has 0 N–H and O–H groups in total. The average molecular weight is 573 g/mol. The summed E-state index contributed by atoms with van der Waals surface area (Å²) in [6, 6.07) is 25.2. The predicted molar refractivity (Wildman–Crippen MR) is 142 cm³/mol. The zero-order valence-corrected chi connectivity index (χ0v) is 21.6. The fraction of sp³-hybridized carbons (Fsp3) is 0.0769. The molecule has 8 nitrogen and oxygen atoms in total. The molecule has 0 aliphatic heterocycles. The maximum atomic E-state index is 11.2. The van der Waals surface area contributed by atoms with Crippen molar-refractivity contribution in [2.24, 2.45) is 0 Å². The summed E-state index contributed by atoms with van der Waals surface area (Å²) in [7, 11) is 0. The van der Waals surface area contributed by atoms with E-state index in [1.807, 2.05) is 24.3 Å². The van der Waals surface area contributed by atoms with Gasteiger partial charge < -0.3 is 35.9 Å². The molecule has 0 fully saturated rings. The summed E-state index contributed by atoms with van der Waals surface area (Å²) in [6.07, 6.45) is 0. The number of rotatable bonds is 9. The van der Waals surface area contributed by atoms with Crippen LogP contribution in [-0.2, 0) is 41.7 Å². The number of benzene rings is 4. The molecule has 0 aliphatic carbocycles. The summed E-state index contributed by atoms with van der Waals surface area (Å²) >= 11 is 10.9. The van der Waals surface area contributed by atoms with Gasteiger partial charge in [0.1, 0.15) is 0 Å². The Labute approximate surface area is 234 Å². The number of hydrogen-bond donors (Lipinski definition) is 0. The second-order valence-corrected chi connectivity index (χ2v) is 8.66. The molecule has 37 heavy (non-hydrogen) atoms. The second-order valence-electron chi connectivity index (χ2n) is 7.78. The fourth-order valence-corrected chi connectivity index (χ4v) is 4.07. The molecule has 0 radical (unpaired) electrons. The van der Waals surface area contributed by atoms with Gasteiger partial charge in [0.05, 0.1) is 9.85 Å². The molecule has 192 valence electrons. The number of nitro groups is 2. The monoisotopic (exact) mass is 572 g/mol. The molecule has 11 heteroatoms. The molecule has 0 aromatic heterocycles. The van der Waals surface area contributed by atoms with E-state index in [-0.39, 0.29) is 27.9 Å². The van der Waals surface area contributed by atoms with Crippen molar-refractivity contribution in [2.75, 3.05) is 0 Å². The Morgan fingerprint density at radius 2 is 0.892 bits per heavy atom. The topological polar surface area (TPSA) is 114 Å². The van der Waals surface area contributed by atoms with E-state index in [9.17, 15) is 20.2 Å². The van der Waals surface area contributed by atoms with E-state index in [0.29, 0.717) is 32.3 Å². The van der Waals surface area contributed by atoms with Crippen molar-refractivity contribution in [3.05, 3.63) is 139 Å². The zero-order chi connectivity index (χ0) is 25.7. The van der Waals surface area contributed by atoms with Gasteiger partial charge in [-0.1, -0.05) is 83.9 Å². The molecule has 0 saturated carbocycles. The van der Waals surface area contributed by atoms with Crippen molar-refractivity contribution in [3.63, 3.8) is 0 Å². The van der Waals surface area contributed by atoms with Gasteiger partial charge in [-0.05, 0) is 0 Å². The first-order chi connectivity index (χ1) is 17.3. The number of nitro benzene ring substituents is 2. The van der Waals surface area contributed by atoms with Crippen molar-refractivity contribution < 1.29 is 26.3 Å². The van der Waals surface area contributed by atoms with Crippen molar-refractivity contribution in [1.82, 2.24) is 0 Å². The van der Waals surface area contributed by atoms with Crippen molar-refractivity contribution in [3.8, 4) is 0 Å². The summed E-state index contributed by atoms with van der Waals surface area (Å²) in [4.78, 5) is 22.6. The Kier molecular flexibility index (Phi) is 9.35. The molecule has 4 aromatic carbocycles. The van der Waals surface area contributed by atoms with E-state index in [4.69, 9.17) is 35.9 Å². The first-order valence-corrected chi connectivity index (χ1v) is 11.6. The standard InChI is InChI=1S/C26H20N4O4S2.Ni/c31-29(32)19-13-9-17(10-14-19)25(27-21-5-1-3-7-23(21)35)26(28-22-6-2-4-8-24(22)36)18-11-15-20(16-12-18)30(33)34;/h1-16,25-26,35-36H;/q-2;/p-2. The summed E-state index contributed by atoms with van der Waals surface area (Å²) in [6.45, 7) is 0. The second kappa shape index (κ2) is 12.4. The Balaban J connectivity index is 0.00000380. The van der Waals surface area contributed by atoms with Crippen LogP contribution < -0.4 is 0 Å². The quantitative estimate of drug-likeness (QED) is 0.0887. The van der Waals surface area contributed by atoms with E-state index in [2.05, 4.69) is 0 Å². The van der Waals surface area contributed by atoms with Crippen LogP contribution >= 0.6 is 0 Å². The summed E-state index contributed by atoms with van der Waals surface area (Å²) < 4.78 is 0. The van der Waals surface area contributed by atoms with Crippen molar-refractivity contribution in [2.45, 2.75) is 21.9 Å². The third-order valence-electron chi connectivity index (χ3n) is 5.48. The summed E-state index contributed by atoms with van der Waals surface area (Å²) in [5.41, 5.74) is 2.33. The average Bonchev–Trinajstić information content (AvgIpc) is 2.88. The molecule has 0 amide bonds. The first kappa shape index (κ1) is 27.8. The number of hydrogen-bond acceptors (Lipinski definition) is 6. The van der Waals surface area contributed by atoms with Crippen LogP contribution in [0.3, 0.4) is 0 Å². The van der Waals surface area contributed by atoms with Gasteiger partial charge in [-0.15, -0.1) is 12.1 Å². The predicted octanol–water partition coefficient (Wildman–Crippen LogP) is 7.51. The largest absolute Gasteiger partial charge is 0.781 e. The molecule has 4 aromatic rings. The van der Waals surface area contributed by atoms with Gasteiger partial charge in [0.25, 0.3) is 11.4 Å². The molecule has 0 spiro atoms. The molecule has 0 aliphatic rings. The first-order valence-electron chi connectivity index (χ1n) is 10.8. The van der Waals surface area contributed by atoms with Crippen LogP contribution in [0.4, 0.5) is 22.7 Å². The molecular formula is C26H18N4NiO4S2-4. The smallest absolute Gasteiger partial charge is 0.269 e. The van der Waals surface area contributed by atoms with Gasteiger partial charge in [-0.2, -0.15) is 21.2 Å². The van der Waals surface area contributed by atoms with Gasteiger partial charge in [-0.25, -0.2) is 0 Å². The van der Waals surface area contributed by atoms with Crippen LogP contribution in [0.25, 0.3) is 10.6 Å². The van der Waals surface area contributed by atoms with Gasteiger partial charge in [-0.3, -0.25) is 20.2 Å². The molecule has 2 atom stereocenters. The number of nitrogens with zero attached hydrogens (tertiary/aromatic N) is 4. The third-order valence-corrected chi connectivity index (χ3v) is 6.17.